The maximum Gasteiger partial charge on any atom is 0.411 e. The molecule has 0 N–H and O–H groups in total. The molecular formula is C4HCl2F5. The molecule has 7 heteroatoms. The van der Waals surface area contributed by atoms with E-state index in [1.54, 1.807) is 0 Å². The number of hydrogen-bond acceptors (Lipinski definition) is 0. The van der Waals surface area contributed by atoms with E-state index in [2.05, 4.69) is 23.2 Å². The highest BCUT2D eigenvalue weighted by Gasteiger charge is 2.35. The van der Waals surface area contributed by atoms with Gasteiger partial charge >= 0.3 is 11.6 Å². The summed E-state index contributed by atoms with van der Waals surface area (Å²) >= 11 is 8.66. The molecule has 0 bridgehead atoms. The van der Waals surface area contributed by atoms with E-state index in [4.69, 9.17) is 0 Å². The van der Waals surface area contributed by atoms with Crippen LogP contribution in [0.3, 0.4) is 0 Å². The lowest BCUT2D eigenvalue weighted by Crippen LogP contribution is -2.11. The molecule has 0 radical (unpaired) electrons. The molecule has 0 aromatic rings. The second kappa shape index (κ2) is 3.15. The predicted octanol–water partition coefficient (Wildman–Crippen LogP) is 3.50. The van der Waals surface area contributed by atoms with Gasteiger partial charge in [0.1, 0.15) is 5.03 Å². The summed E-state index contributed by atoms with van der Waals surface area (Å²) in [6, 6.07) is 0. The molecule has 0 spiro atoms. The SMILES string of the molecule is FC(F)(F)/C=C(\Cl)C(F)(F)Cl. The van der Waals surface area contributed by atoms with Crippen LogP contribution < -0.4 is 0 Å². The van der Waals surface area contributed by atoms with Gasteiger partial charge in [-0.05, 0) is 11.6 Å². The van der Waals surface area contributed by atoms with Crippen molar-refractivity contribution in [1.29, 1.82) is 0 Å². The standard InChI is InChI=1S/C4HCl2F5/c5-2(4(6,10)11)1-3(7,8)9/h1H/b2-1-. The van der Waals surface area contributed by atoms with Gasteiger partial charge in [0.2, 0.25) is 0 Å². The monoisotopic (exact) mass is 214 g/mol. The summed E-state index contributed by atoms with van der Waals surface area (Å²) in [5.41, 5.74) is 0. The third-order valence-electron chi connectivity index (χ3n) is 0.561. The van der Waals surface area contributed by atoms with Crippen LogP contribution in [-0.4, -0.2) is 11.6 Å². The number of halogens is 7. The molecule has 0 heterocycles. The quantitative estimate of drug-likeness (QED) is 0.463. The minimum atomic E-state index is -4.88. The largest absolute Gasteiger partial charge is 0.411 e. The number of rotatable bonds is 1. The molecule has 11 heavy (non-hydrogen) atoms. The summed E-state index contributed by atoms with van der Waals surface area (Å²) < 4.78 is 57.3. The number of allylic oxidation sites excluding steroid dienone is 2. The Bertz CT molecular complexity index is 164. The topological polar surface area (TPSA) is 0 Å². The zero-order valence-corrected chi connectivity index (χ0v) is 6.23. The Morgan fingerprint density at radius 2 is 1.45 bits per heavy atom. The fraction of sp³-hybridized carbons (Fsp3) is 0.500. The molecule has 0 aliphatic heterocycles. The van der Waals surface area contributed by atoms with Crippen molar-refractivity contribution in [2.24, 2.45) is 0 Å². The molecule has 0 nitrogen and oxygen atoms in total. The van der Waals surface area contributed by atoms with Crippen molar-refractivity contribution in [2.75, 3.05) is 0 Å². The van der Waals surface area contributed by atoms with Crippen molar-refractivity contribution in [3.63, 3.8) is 0 Å². The zero-order chi connectivity index (χ0) is 9.28. The summed E-state index contributed by atoms with van der Waals surface area (Å²) in [5.74, 6) is 0. The lowest BCUT2D eigenvalue weighted by molar-refractivity contribution is -0.0814. The second-order valence-electron chi connectivity index (χ2n) is 1.53. The van der Waals surface area contributed by atoms with E-state index in [-0.39, 0.29) is 0 Å². The highest BCUT2D eigenvalue weighted by atomic mass is 35.5. The third-order valence-corrected chi connectivity index (χ3v) is 1.21. The van der Waals surface area contributed by atoms with Crippen LogP contribution in [0, 0.1) is 0 Å². The fourth-order valence-electron chi connectivity index (χ4n) is 0.226. The average molecular weight is 215 g/mol. The van der Waals surface area contributed by atoms with Crippen LogP contribution in [0.2, 0.25) is 0 Å². The van der Waals surface area contributed by atoms with Gasteiger partial charge in [-0.15, -0.1) is 0 Å². The van der Waals surface area contributed by atoms with Crippen LogP contribution in [0.1, 0.15) is 0 Å². The molecule has 0 atom stereocenters. The lowest BCUT2D eigenvalue weighted by Gasteiger charge is -2.06. The third kappa shape index (κ3) is 5.26. The molecule has 0 aliphatic carbocycles. The van der Waals surface area contributed by atoms with E-state index in [9.17, 15) is 22.0 Å². The van der Waals surface area contributed by atoms with E-state index in [1.807, 2.05) is 0 Å². The molecule has 0 saturated heterocycles. The lowest BCUT2D eigenvalue weighted by atomic mass is 10.5. The van der Waals surface area contributed by atoms with Crippen molar-refractivity contribution < 1.29 is 22.0 Å². The Kier molecular flexibility index (Phi) is 3.14. The van der Waals surface area contributed by atoms with Crippen LogP contribution in [0.5, 0.6) is 0 Å². The molecule has 0 fully saturated rings. The normalized spacial score (nSPS) is 15.4. The van der Waals surface area contributed by atoms with Crippen molar-refractivity contribution in [1.82, 2.24) is 0 Å². The minimum absolute atomic E-state index is 0.762. The first-order valence-electron chi connectivity index (χ1n) is 2.15. The molecule has 66 valence electrons. The average Bonchev–Trinajstić information content (AvgIpc) is 1.56. The highest BCUT2D eigenvalue weighted by Crippen LogP contribution is 2.34. The van der Waals surface area contributed by atoms with Gasteiger partial charge in [-0.1, -0.05) is 11.6 Å². The summed E-state index contributed by atoms with van der Waals surface area (Å²) in [7, 11) is 0. The van der Waals surface area contributed by atoms with Crippen LogP contribution >= 0.6 is 23.2 Å². The highest BCUT2D eigenvalue weighted by molar-refractivity contribution is 6.38. The first kappa shape index (κ1) is 11.0. The molecule has 0 unspecified atom stereocenters. The molecule has 0 aliphatic rings. The molecule has 0 saturated carbocycles. The number of hydrogen-bond donors (Lipinski definition) is 0. The summed E-state index contributed by atoms with van der Waals surface area (Å²) in [4.78, 5) is 0. The van der Waals surface area contributed by atoms with Crippen LogP contribution in [0.25, 0.3) is 0 Å². The first-order valence-corrected chi connectivity index (χ1v) is 2.91. The van der Waals surface area contributed by atoms with Gasteiger partial charge < -0.3 is 0 Å². The van der Waals surface area contributed by atoms with Gasteiger partial charge in [-0.2, -0.15) is 22.0 Å². The van der Waals surface area contributed by atoms with Crippen LogP contribution in [-0.2, 0) is 0 Å². The number of alkyl halides is 6. The van der Waals surface area contributed by atoms with Crippen LogP contribution in [0.4, 0.5) is 22.0 Å². The van der Waals surface area contributed by atoms with Gasteiger partial charge in [0.15, 0.2) is 0 Å². The Labute approximate surface area is 68.6 Å². The Balaban J connectivity index is 4.49. The Morgan fingerprint density at radius 3 is 1.55 bits per heavy atom. The van der Waals surface area contributed by atoms with Crippen LogP contribution in [0.15, 0.2) is 11.1 Å². The molecule has 0 rings (SSSR count). The zero-order valence-electron chi connectivity index (χ0n) is 4.72. The van der Waals surface area contributed by atoms with Gasteiger partial charge in [0.05, 0.1) is 0 Å². The van der Waals surface area contributed by atoms with E-state index in [0.717, 1.165) is 0 Å². The smallest absolute Gasteiger partial charge is 0.182 e. The maximum absolute atomic E-state index is 11.7. The molecule has 0 amide bonds. The van der Waals surface area contributed by atoms with E-state index < -0.39 is 22.7 Å². The Hall–Kier alpha value is -0.0300. The van der Waals surface area contributed by atoms with Gasteiger partial charge in [0, 0.05) is 6.08 Å². The summed E-state index contributed by atoms with van der Waals surface area (Å²) in [6.07, 6.45) is -5.64. The second-order valence-corrected chi connectivity index (χ2v) is 2.41. The first-order chi connectivity index (χ1) is 4.63. The Morgan fingerprint density at radius 1 is 1.09 bits per heavy atom. The van der Waals surface area contributed by atoms with Crippen molar-refractivity contribution in [3.8, 4) is 0 Å². The van der Waals surface area contributed by atoms with Crippen molar-refractivity contribution in [2.45, 2.75) is 11.6 Å². The molecular weight excluding hydrogens is 214 g/mol. The fourth-order valence-corrected chi connectivity index (χ4v) is 0.404. The van der Waals surface area contributed by atoms with Crippen molar-refractivity contribution >= 4 is 23.2 Å². The predicted molar refractivity (Wildman–Crippen MR) is 30.8 cm³/mol. The van der Waals surface area contributed by atoms with Gasteiger partial charge in [0.25, 0.3) is 0 Å². The molecule has 0 aromatic heterocycles. The summed E-state index contributed by atoms with van der Waals surface area (Å²) in [6.45, 7) is 0. The minimum Gasteiger partial charge on any atom is -0.182 e. The van der Waals surface area contributed by atoms with E-state index >= 15 is 0 Å². The van der Waals surface area contributed by atoms with Crippen molar-refractivity contribution in [3.05, 3.63) is 11.1 Å². The van der Waals surface area contributed by atoms with E-state index in [1.165, 1.54) is 0 Å². The van der Waals surface area contributed by atoms with Gasteiger partial charge in [-0.3, -0.25) is 0 Å². The maximum atomic E-state index is 11.7. The molecule has 0 aromatic carbocycles. The van der Waals surface area contributed by atoms with E-state index in [0.29, 0.717) is 0 Å². The van der Waals surface area contributed by atoms with Gasteiger partial charge in [-0.25, -0.2) is 0 Å². The summed E-state index contributed by atoms with van der Waals surface area (Å²) in [5, 5.41) is -5.90.